The highest BCUT2D eigenvalue weighted by Gasteiger charge is 2.15. The fraction of sp³-hybridized carbons (Fsp3) is 0.231. The van der Waals surface area contributed by atoms with Crippen LogP contribution in [0.25, 0.3) is 0 Å². The molecule has 96 valence electrons. The van der Waals surface area contributed by atoms with Gasteiger partial charge in [-0.05, 0) is 36.8 Å². The van der Waals surface area contributed by atoms with Crippen molar-refractivity contribution in [3.63, 3.8) is 0 Å². The van der Waals surface area contributed by atoms with Gasteiger partial charge in [-0.3, -0.25) is 4.21 Å². The van der Waals surface area contributed by atoms with Crippen LogP contribution in [0, 0.1) is 5.82 Å². The molecule has 0 N–H and O–H groups in total. The third-order valence-electron chi connectivity index (χ3n) is 2.65. The van der Waals surface area contributed by atoms with Gasteiger partial charge in [-0.15, -0.1) is 11.3 Å². The van der Waals surface area contributed by atoms with E-state index >= 15 is 0 Å². The summed E-state index contributed by atoms with van der Waals surface area (Å²) in [6.07, 6.45) is 0. The Hall–Kier alpha value is -0.710. The van der Waals surface area contributed by atoms with Crippen LogP contribution >= 0.6 is 22.9 Å². The van der Waals surface area contributed by atoms with Crippen LogP contribution in [0.1, 0.15) is 22.6 Å². The average molecular weight is 303 g/mol. The Labute approximate surface area is 117 Å². The maximum absolute atomic E-state index is 12.8. The van der Waals surface area contributed by atoms with Crippen molar-refractivity contribution in [2.75, 3.05) is 0 Å². The lowest BCUT2D eigenvalue weighted by Gasteiger charge is -2.11. The van der Waals surface area contributed by atoms with Gasteiger partial charge >= 0.3 is 0 Å². The van der Waals surface area contributed by atoms with Crippen molar-refractivity contribution in [2.45, 2.75) is 17.9 Å². The molecule has 2 atom stereocenters. The number of rotatable bonds is 4. The minimum atomic E-state index is -1.03. The van der Waals surface area contributed by atoms with E-state index in [9.17, 15) is 8.60 Å². The number of benzene rings is 1. The van der Waals surface area contributed by atoms with Crippen LogP contribution in [-0.2, 0) is 16.6 Å². The van der Waals surface area contributed by atoms with Crippen molar-refractivity contribution < 1.29 is 8.60 Å². The molecule has 2 rings (SSSR count). The van der Waals surface area contributed by atoms with E-state index in [0.717, 1.165) is 10.4 Å². The molecule has 0 bridgehead atoms. The Bertz CT molecular complexity index is 550. The molecule has 0 unspecified atom stereocenters. The minimum absolute atomic E-state index is 0.119. The van der Waals surface area contributed by atoms with Gasteiger partial charge in [0.05, 0.1) is 15.3 Å². The van der Waals surface area contributed by atoms with Crippen molar-refractivity contribution in [3.05, 3.63) is 57.0 Å². The van der Waals surface area contributed by atoms with Gasteiger partial charge in [-0.1, -0.05) is 23.7 Å². The summed E-state index contributed by atoms with van der Waals surface area (Å²) in [5, 5.41) is -0.119. The van der Waals surface area contributed by atoms with Crippen molar-refractivity contribution in [1.29, 1.82) is 0 Å². The molecule has 0 aliphatic carbocycles. The largest absolute Gasteiger partial charge is 0.259 e. The molecule has 1 aromatic heterocycles. The maximum atomic E-state index is 12.8. The molecule has 1 aromatic carbocycles. The zero-order chi connectivity index (χ0) is 13.1. The van der Waals surface area contributed by atoms with Crippen LogP contribution in [0.3, 0.4) is 0 Å². The summed E-state index contributed by atoms with van der Waals surface area (Å²) in [6.45, 7) is 1.89. The standard InChI is InChI=1S/C13H12ClFOS2/c1-9(10-2-4-11(15)5-3-10)18(16)8-12-6-7-13(14)17-12/h2-7,9H,8H2,1H3/t9-,18-/m0/s1. The molecule has 5 heteroatoms. The normalized spacial score (nSPS) is 14.4. The molecule has 0 radical (unpaired) electrons. The maximum Gasteiger partial charge on any atom is 0.123 e. The summed E-state index contributed by atoms with van der Waals surface area (Å²) >= 11 is 7.28. The van der Waals surface area contributed by atoms with Crippen molar-refractivity contribution >= 4 is 33.7 Å². The fourth-order valence-corrected chi connectivity index (χ4v) is 4.13. The summed E-state index contributed by atoms with van der Waals surface area (Å²) in [4.78, 5) is 1.01. The van der Waals surface area contributed by atoms with Crippen LogP contribution < -0.4 is 0 Å². The first-order valence-corrected chi connectivity index (χ1v) is 8.01. The highest BCUT2D eigenvalue weighted by molar-refractivity contribution is 7.84. The summed E-state index contributed by atoms with van der Waals surface area (Å²) < 4.78 is 25.7. The number of thiophene rings is 1. The van der Waals surface area contributed by atoms with E-state index in [0.29, 0.717) is 10.1 Å². The van der Waals surface area contributed by atoms with Gasteiger partial charge in [-0.2, -0.15) is 0 Å². The zero-order valence-electron chi connectivity index (χ0n) is 9.73. The quantitative estimate of drug-likeness (QED) is 0.809. The van der Waals surface area contributed by atoms with E-state index < -0.39 is 10.8 Å². The Morgan fingerprint density at radius 3 is 2.50 bits per heavy atom. The van der Waals surface area contributed by atoms with Crippen LogP contribution in [0.5, 0.6) is 0 Å². The van der Waals surface area contributed by atoms with Crippen molar-refractivity contribution in [2.24, 2.45) is 0 Å². The molecule has 0 saturated heterocycles. The highest BCUT2D eigenvalue weighted by atomic mass is 35.5. The molecule has 0 amide bonds. The first-order chi connectivity index (χ1) is 8.56. The smallest absolute Gasteiger partial charge is 0.123 e. The zero-order valence-corrected chi connectivity index (χ0v) is 12.1. The molecule has 18 heavy (non-hydrogen) atoms. The second-order valence-electron chi connectivity index (χ2n) is 3.92. The fourth-order valence-electron chi connectivity index (χ4n) is 1.58. The monoisotopic (exact) mass is 302 g/mol. The second kappa shape index (κ2) is 5.95. The van der Waals surface area contributed by atoms with E-state index in [1.54, 1.807) is 18.2 Å². The first-order valence-electron chi connectivity index (χ1n) is 5.43. The van der Waals surface area contributed by atoms with Gasteiger partial charge in [0.1, 0.15) is 5.82 Å². The van der Waals surface area contributed by atoms with Crippen molar-refractivity contribution in [1.82, 2.24) is 0 Å². The summed E-state index contributed by atoms with van der Waals surface area (Å²) in [5.41, 5.74) is 0.886. The topological polar surface area (TPSA) is 17.1 Å². The molecule has 0 spiro atoms. The SMILES string of the molecule is C[C@@H](c1ccc(F)cc1)[S@@](=O)Cc1ccc(Cl)s1. The van der Waals surface area contributed by atoms with Gasteiger partial charge in [0.25, 0.3) is 0 Å². The third kappa shape index (κ3) is 3.40. The molecule has 0 saturated carbocycles. The molecule has 0 aliphatic heterocycles. The van der Waals surface area contributed by atoms with Gasteiger partial charge in [0.2, 0.25) is 0 Å². The van der Waals surface area contributed by atoms with Gasteiger partial charge in [0.15, 0.2) is 0 Å². The van der Waals surface area contributed by atoms with Gasteiger partial charge < -0.3 is 0 Å². The lowest BCUT2D eigenvalue weighted by molar-refractivity contribution is 0.626. The first kappa shape index (κ1) is 13.7. The van der Waals surface area contributed by atoms with E-state index in [2.05, 4.69) is 0 Å². The molecule has 1 nitrogen and oxygen atoms in total. The minimum Gasteiger partial charge on any atom is -0.259 e. The molecule has 2 aromatic rings. The summed E-state index contributed by atoms with van der Waals surface area (Å²) in [5.74, 6) is 0.206. The summed E-state index contributed by atoms with van der Waals surface area (Å²) in [7, 11) is -1.03. The predicted molar refractivity (Wildman–Crippen MR) is 76.0 cm³/mol. The average Bonchev–Trinajstić information content (AvgIpc) is 2.75. The van der Waals surface area contributed by atoms with E-state index in [4.69, 9.17) is 11.6 Å². The van der Waals surface area contributed by atoms with Crippen molar-refractivity contribution in [3.8, 4) is 0 Å². The van der Waals surface area contributed by atoms with Crippen LogP contribution in [0.2, 0.25) is 4.34 Å². The van der Waals surface area contributed by atoms with Crippen LogP contribution in [-0.4, -0.2) is 4.21 Å². The lowest BCUT2D eigenvalue weighted by atomic mass is 10.2. The van der Waals surface area contributed by atoms with Crippen LogP contribution in [0.4, 0.5) is 4.39 Å². The Morgan fingerprint density at radius 2 is 1.94 bits per heavy atom. The Balaban J connectivity index is 2.07. The Morgan fingerprint density at radius 1 is 1.28 bits per heavy atom. The predicted octanol–water partition coefficient (Wildman–Crippen LogP) is 4.55. The number of hydrogen-bond donors (Lipinski definition) is 0. The molecule has 0 aliphatic rings. The third-order valence-corrected chi connectivity index (χ3v) is 5.72. The molecule has 1 heterocycles. The van der Waals surface area contributed by atoms with Crippen LogP contribution in [0.15, 0.2) is 36.4 Å². The van der Waals surface area contributed by atoms with Gasteiger partial charge in [-0.25, -0.2) is 4.39 Å². The van der Waals surface area contributed by atoms with E-state index in [1.165, 1.54) is 23.5 Å². The summed E-state index contributed by atoms with van der Waals surface area (Å²) in [6, 6.07) is 9.85. The molecule has 0 fully saturated rings. The van der Waals surface area contributed by atoms with E-state index in [1.807, 2.05) is 13.0 Å². The molecular weight excluding hydrogens is 291 g/mol. The highest BCUT2D eigenvalue weighted by Crippen LogP contribution is 2.27. The number of halogens is 2. The molecular formula is C13H12ClFOS2. The lowest BCUT2D eigenvalue weighted by Crippen LogP contribution is -2.04. The van der Waals surface area contributed by atoms with Gasteiger partial charge in [0, 0.05) is 15.7 Å². The van der Waals surface area contributed by atoms with E-state index in [-0.39, 0.29) is 11.1 Å². The Kier molecular flexibility index (Phi) is 4.54. The second-order valence-corrected chi connectivity index (χ2v) is 7.48. The number of hydrogen-bond acceptors (Lipinski definition) is 2.